The van der Waals surface area contributed by atoms with Crippen molar-refractivity contribution < 1.29 is 14.3 Å². The van der Waals surface area contributed by atoms with E-state index < -0.39 is 0 Å². The minimum absolute atomic E-state index is 0.0610. The number of rotatable bonds is 6. The predicted molar refractivity (Wildman–Crippen MR) is 113 cm³/mol. The molecule has 28 heavy (non-hydrogen) atoms. The number of amides is 1. The Morgan fingerprint density at radius 2 is 2.11 bits per heavy atom. The number of carbonyl (C=O) groups excluding carboxylic acids is 1. The summed E-state index contributed by atoms with van der Waals surface area (Å²) in [5, 5.41) is 4.60. The fourth-order valence-electron chi connectivity index (χ4n) is 3.64. The number of thioether (sulfide) groups is 1. The molecule has 1 unspecified atom stereocenters. The van der Waals surface area contributed by atoms with Crippen LogP contribution in [0, 0.1) is 0 Å². The second-order valence-electron chi connectivity index (χ2n) is 6.86. The molecular weight excluding hydrogens is 372 g/mol. The van der Waals surface area contributed by atoms with Crippen LogP contribution in [0.4, 0.5) is 0 Å². The van der Waals surface area contributed by atoms with E-state index in [4.69, 9.17) is 9.47 Å². The van der Waals surface area contributed by atoms with E-state index in [9.17, 15) is 4.79 Å². The highest BCUT2D eigenvalue weighted by atomic mass is 32.2. The molecule has 4 rings (SSSR count). The van der Waals surface area contributed by atoms with Crippen molar-refractivity contribution in [2.75, 3.05) is 13.7 Å². The molecule has 0 radical (unpaired) electrons. The molecule has 1 aliphatic heterocycles. The number of ether oxygens (including phenoxy) is 2. The summed E-state index contributed by atoms with van der Waals surface area (Å²) in [4.78, 5) is 14.2. The van der Waals surface area contributed by atoms with Crippen LogP contribution in [0.25, 0.3) is 10.9 Å². The first-order chi connectivity index (χ1) is 13.6. The number of hydrogen-bond acceptors (Lipinski definition) is 4. The Morgan fingerprint density at radius 1 is 1.25 bits per heavy atom. The van der Waals surface area contributed by atoms with Crippen LogP contribution < -0.4 is 14.8 Å². The lowest BCUT2D eigenvalue weighted by atomic mass is 10.2. The number of benzene rings is 2. The van der Waals surface area contributed by atoms with Gasteiger partial charge in [-0.25, -0.2) is 0 Å². The highest BCUT2D eigenvalue weighted by molar-refractivity contribution is 8.00. The Morgan fingerprint density at radius 3 is 2.89 bits per heavy atom. The topological polar surface area (TPSA) is 52.5 Å². The second kappa shape index (κ2) is 7.80. The molecule has 0 spiro atoms. The molecule has 6 heteroatoms. The Bertz CT molecular complexity index is 1030. The monoisotopic (exact) mass is 396 g/mol. The first-order valence-corrected chi connectivity index (χ1v) is 10.4. The van der Waals surface area contributed by atoms with Gasteiger partial charge in [-0.1, -0.05) is 25.1 Å². The van der Waals surface area contributed by atoms with Crippen LogP contribution in [0.15, 0.2) is 47.4 Å². The van der Waals surface area contributed by atoms with Gasteiger partial charge < -0.3 is 19.4 Å². The van der Waals surface area contributed by atoms with Gasteiger partial charge in [0, 0.05) is 28.6 Å². The number of methoxy groups -OCH3 is 1. The van der Waals surface area contributed by atoms with Gasteiger partial charge >= 0.3 is 0 Å². The first-order valence-electron chi connectivity index (χ1n) is 9.47. The van der Waals surface area contributed by atoms with Gasteiger partial charge in [-0.15, -0.1) is 11.8 Å². The zero-order valence-corrected chi connectivity index (χ0v) is 17.1. The molecule has 2 aromatic carbocycles. The maximum absolute atomic E-state index is 12.9. The van der Waals surface area contributed by atoms with E-state index in [1.54, 1.807) is 7.11 Å². The van der Waals surface area contributed by atoms with E-state index in [1.165, 1.54) is 10.4 Å². The Balaban J connectivity index is 1.55. The normalized spacial score (nSPS) is 15.5. The minimum Gasteiger partial charge on any atom is -0.493 e. The van der Waals surface area contributed by atoms with E-state index >= 15 is 0 Å². The lowest BCUT2D eigenvalue weighted by molar-refractivity contribution is 0.0942. The van der Waals surface area contributed by atoms with E-state index in [2.05, 4.69) is 35.0 Å². The van der Waals surface area contributed by atoms with Crippen LogP contribution in [0.3, 0.4) is 0 Å². The van der Waals surface area contributed by atoms with E-state index in [-0.39, 0.29) is 5.91 Å². The SMILES string of the molecule is CCOc1ccc(CNC(=O)c2cc3cccc4c3n2CC(C)S4)cc1OC. The van der Waals surface area contributed by atoms with Crippen LogP contribution in [-0.2, 0) is 13.1 Å². The van der Waals surface area contributed by atoms with Crippen LogP contribution in [0.5, 0.6) is 11.5 Å². The third-order valence-electron chi connectivity index (χ3n) is 4.86. The van der Waals surface area contributed by atoms with Crippen LogP contribution in [0.2, 0.25) is 0 Å². The first kappa shape index (κ1) is 18.7. The summed E-state index contributed by atoms with van der Waals surface area (Å²) >= 11 is 1.87. The highest BCUT2D eigenvalue weighted by Gasteiger charge is 2.23. The third kappa shape index (κ3) is 3.44. The fraction of sp³-hybridized carbons (Fsp3) is 0.318. The highest BCUT2D eigenvalue weighted by Crippen LogP contribution is 2.38. The molecule has 146 valence electrons. The van der Waals surface area contributed by atoms with Gasteiger partial charge in [0.15, 0.2) is 11.5 Å². The molecule has 1 amide bonds. The molecule has 3 aromatic rings. The van der Waals surface area contributed by atoms with Gasteiger partial charge in [-0.05, 0) is 36.8 Å². The van der Waals surface area contributed by atoms with Gasteiger partial charge in [0.25, 0.3) is 5.91 Å². The number of aromatic nitrogens is 1. The minimum atomic E-state index is -0.0610. The average molecular weight is 397 g/mol. The van der Waals surface area contributed by atoms with Gasteiger partial charge in [0.05, 0.1) is 19.2 Å². The molecule has 1 aromatic heterocycles. The van der Waals surface area contributed by atoms with E-state index in [0.29, 0.717) is 35.6 Å². The van der Waals surface area contributed by atoms with Crippen molar-refractivity contribution in [1.29, 1.82) is 0 Å². The summed E-state index contributed by atoms with van der Waals surface area (Å²) in [5.74, 6) is 1.32. The van der Waals surface area contributed by atoms with Crippen LogP contribution in [-0.4, -0.2) is 29.4 Å². The molecule has 0 saturated heterocycles. The standard InChI is InChI=1S/C22H24N2O3S/c1-4-27-18-9-8-15(10-19(18)26-3)12-23-22(25)17-11-16-6-5-7-20-21(16)24(17)13-14(2)28-20/h5-11,14H,4,12-13H2,1-3H3,(H,23,25). The Hall–Kier alpha value is -2.60. The van der Waals surface area contributed by atoms with Crippen molar-refractivity contribution in [3.63, 3.8) is 0 Å². The second-order valence-corrected chi connectivity index (χ2v) is 8.34. The fourth-order valence-corrected chi connectivity index (χ4v) is 4.80. The summed E-state index contributed by atoms with van der Waals surface area (Å²) in [6.45, 7) is 5.98. The predicted octanol–water partition coefficient (Wildman–Crippen LogP) is 4.47. The Labute approximate surface area is 169 Å². The number of carbonyl (C=O) groups is 1. The maximum atomic E-state index is 12.9. The summed E-state index contributed by atoms with van der Waals surface area (Å²) in [7, 11) is 1.62. The summed E-state index contributed by atoms with van der Waals surface area (Å²) in [6.07, 6.45) is 0. The van der Waals surface area contributed by atoms with Crippen molar-refractivity contribution in [3.05, 3.63) is 53.7 Å². The molecule has 0 saturated carbocycles. The molecule has 1 atom stereocenters. The van der Waals surface area contributed by atoms with Crippen LogP contribution in [0.1, 0.15) is 29.9 Å². The van der Waals surface area contributed by atoms with Crippen molar-refractivity contribution in [2.24, 2.45) is 0 Å². The van der Waals surface area contributed by atoms with Gasteiger partial charge in [-0.3, -0.25) is 4.79 Å². The van der Waals surface area contributed by atoms with Crippen LogP contribution >= 0.6 is 11.8 Å². The summed E-state index contributed by atoms with van der Waals surface area (Å²) in [6, 6.07) is 14.0. The lowest BCUT2D eigenvalue weighted by Crippen LogP contribution is -2.27. The molecule has 0 fully saturated rings. The van der Waals surface area contributed by atoms with Crippen molar-refractivity contribution in [1.82, 2.24) is 9.88 Å². The number of hydrogen-bond donors (Lipinski definition) is 1. The van der Waals surface area contributed by atoms with E-state index in [1.807, 2.05) is 43.0 Å². The number of para-hydroxylation sites is 1. The van der Waals surface area contributed by atoms with Crippen molar-refractivity contribution >= 4 is 28.6 Å². The Kier molecular flexibility index (Phi) is 5.22. The molecule has 2 heterocycles. The van der Waals surface area contributed by atoms with Gasteiger partial charge in [0.2, 0.25) is 0 Å². The summed E-state index contributed by atoms with van der Waals surface area (Å²) < 4.78 is 13.1. The number of nitrogens with one attached hydrogen (secondary N) is 1. The molecule has 0 bridgehead atoms. The van der Waals surface area contributed by atoms with Crippen molar-refractivity contribution in [3.8, 4) is 11.5 Å². The number of nitrogens with zero attached hydrogens (tertiary/aromatic N) is 1. The van der Waals surface area contributed by atoms with Crippen molar-refractivity contribution in [2.45, 2.75) is 37.1 Å². The molecule has 0 aliphatic carbocycles. The summed E-state index contributed by atoms with van der Waals surface area (Å²) in [5.41, 5.74) is 2.85. The molecule has 1 N–H and O–H groups in total. The zero-order chi connectivity index (χ0) is 19.7. The molecule has 1 aliphatic rings. The largest absolute Gasteiger partial charge is 0.493 e. The molecule has 5 nitrogen and oxygen atoms in total. The smallest absolute Gasteiger partial charge is 0.268 e. The van der Waals surface area contributed by atoms with Gasteiger partial charge in [-0.2, -0.15) is 0 Å². The quantitative estimate of drug-likeness (QED) is 0.668. The lowest BCUT2D eigenvalue weighted by Gasteiger charge is -2.22. The van der Waals surface area contributed by atoms with Gasteiger partial charge in [0.1, 0.15) is 5.69 Å². The van der Waals surface area contributed by atoms with E-state index in [0.717, 1.165) is 17.5 Å². The average Bonchev–Trinajstić information content (AvgIpc) is 3.07. The zero-order valence-electron chi connectivity index (χ0n) is 16.3. The maximum Gasteiger partial charge on any atom is 0.268 e. The molecular formula is C22H24N2O3S. The third-order valence-corrected chi connectivity index (χ3v) is 6.00.